The highest BCUT2D eigenvalue weighted by Crippen LogP contribution is 2.28. The smallest absolute Gasteiger partial charge is 0.147 e. The maximum absolute atomic E-state index is 5.51. The maximum Gasteiger partial charge on any atom is 0.147 e. The van der Waals surface area contributed by atoms with E-state index in [0.29, 0.717) is 0 Å². The molecular weight excluding hydrogens is 290 g/mol. The molecule has 6 nitrogen and oxygen atoms in total. The molecule has 1 saturated heterocycles. The molecule has 1 aliphatic heterocycles. The van der Waals surface area contributed by atoms with Crippen LogP contribution in [0.5, 0.6) is 5.75 Å². The van der Waals surface area contributed by atoms with Crippen molar-refractivity contribution in [3.63, 3.8) is 0 Å². The summed E-state index contributed by atoms with van der Waals surface area (Å²) < 4.78 is 7.26. The number of anilines is 1. The van der Waals surface area contributed by atoms with E-state index in [1.54, 1.807) is 24.2 Å². The van der Waals surface area contributed by atoms with Crippen LogP contribution < -0.4 is 15.0 Å². The maximum atomic E-state index is 5.51. The van der Waals surface area contributed by atoms with E-state index in [2.05, 4.69) is 39.0 Å². The third kappa shape index (κ3) is 4.32. The summed E-state index contributed by atoms with van der Waals surface area (Å²) in [5.41, 5.74) is 2.09. The Morgan fingerprint density at radius 2 is 2.00 bits per heavy atom. The molecule has 1 aromatic heterocycles. The van der Waals surface area contributed by atoms with Crippen LogP contribution in [0.25, 0.3) is 5.69 Å². The first-order valence-electron chi connectivity index (χ1n) is 7.79. The number of aryl methyl sites for hydroxylation is 1. The Bertz CT molecular complexity index is 632. The quantitative estimate of drug-likeness (QED) is 0.880. The zero-order valence-electron chi connectivity index (χ0n) is 14.1. The van der Waals surface area contributed by atoms with Crippen LogP contribution >= 0.6 is 0 Å². The Balaban J connectivity index is 0.000000595. The minimum Gasteiger partial charge on any atom is -0.494 e. The number of aromatic nitrogens is 3. The molecular formula is C17H25N5O. The average Bonchev–Trinajstić information content (AvgIpc) is 3.02. The fourth-order valence-corrected chi connectivity index (χ4v) is 2.44. The van der Waals surface area contributed by atoms with Crippen LogP contribution in [0.15, 0.2) is 37.2 Å². The molecule has 0 amide bonds. The summed E-state index contributed by atoms with van der Waals surface area (Å²) in [7, 11) is 1.68. The van der Waals surface area contributed by atoms with Crippen molar-refractivity contribution >= 4 is 5.69 Å². The van der Waals surface area contributed by atoms with Gasteiger partial charge in [-0.05, 0) is 26.0 Å². The predicted octanol–water partition coefficient (Wildman–Crippen LogP) is 2.19. The van der Waals surface area contributed by atoms with E-state index in [4.69, 9.17) is 4.74 Å². The average molecular weight is 315 g/mol. The molecule has 2 heterocycles. The van der Waals surface area contributed by atoms with Crippen LogP contribution in [0.2, 0.25) is 0 Å². The van der Waals surface area contributed by atoms with Crippen LogP contribution in [-0.2, 0) is 0 Å². The van der Waals surface area contributed by atoms with Crippen molar-refractivity contribution in [3.05, 3.63) is 43.0 Å². The Kier molecular flexibility index (Phi) is 6.17. The van der Waals surface area contributed by atoms with E-state index in [-0.39, 0.29) is 0 Å². The van der Waals surface area contributed by atoms with Gasteiger partial charge in [0.1, 0.15) is 23.6 Å². The van der Waals surface area contributed by atoms with Crippen LogP contribution in [0.1, 0.15) is 12.7 Å². The predicted molar refractivity (Wildman–Crippen MR) is 93.6 cm³/mol. The largest absolute Gasteiger partial charge is 0.494 e. The van der Waals surface area contributed by atoms with E-state index in [1.165, 1.54) is 5.69 Å². The molecule has 0 radical (unpaired) electrons. The minimum absolute atomic E-state index is 0.748. The summed E-state index contributed by atoms with van der Waals surface area (Å²) >= 11 is 0. The van der Waals surface area contributed by atoms with Crippen LogP contribution in [0, 0.1) is 6.92 Å². The number of allylic oxidation sites excluding steroid dienone is 1. The number of ether oxygens (including phenoxy) is 1. The highest BCUT2D eigenvalue weighted by atomic mass is 16.5. The van der Waals surface area contributed by atoms with Crippen molar-refractivity contribution < 1.29 is 4.74 Å². The van der Waals surface area contributed by atoms with Crippen molar-refractivity contribution in [3.8, 4) is 11.4 Å². The third-order valence-corrected chi connectivity index (χ3v) is 3.50. The molecule has 124 valence electrons. The molecule has 0 saturated carbocycles. The first-order chi connectivity index (χ1) is 11.2. The monoisotopic (exact) mass is 315 g/mol. The van der Waals surface area contributed by atoms with Crippen molar-refractivity contribution in [2.75, 3.05) is 38.2 Å². The molecule has 1 N–H and O–H groups in total. The Morgan fingerprint density at radius 1 is 1.30 bits per heavy atom. The lowest BCUT2D eigenvalue weighted by molar-refractivity contribution is 0.411. The molecule has 0 unspecified atom stereocenters. The number of methoxy groups -OCH3 is 1. The summed E-state index contributed by atoms with van der Waals surface area (Å²) in [5.74, 6) is 1.56. The van der Waals surface area contributed by atoms with Crippen LogP contribution in [0.4, 0.5) is 5.69 Å². The van der Waals surface area contributed by atoms with Gasteiger partial charge in [-0.1, -0.05) is 6.08 Å². The lowest BCUT2D eigenvalue weighted by Crippen LogP contribution is -2.43. The van der Waals surface area contributed by atoms with E-state index < -0.39 is 0 Å². The number of nitrogens with zero attached hydrogens (tertiary/aromatic N) is 4. The second-order valence-electron chi connectivity index (χ2n) is 5.24. The van der Waals surface area contributed by atoms with E-state index in [0.717, 1.165) is 43.4 Å². The van der Waals surface area contributed by atoms with Gasteiger partial charge in [0.05, 0.1) is 7.11 Å². The molecule has 0 atom stereocenters. The van der Waals surface area contributed by atoms with E-state index >= 15 is 0 Å². The second-order valence-corrected chi connectivity index (χ2v) is 5.24. The standard InChI is InChI=1S/C14H19N5O.C3H6/c1-11-16-10-19(17-11)13-4-3-12(9-14(13)20-2)18-7-5-15-6-8-18;1-3-2/h3-4,9-10,15H,5-8H2,1-2H3;3H,1H2,2H3. The number of piperazine rings is 1. The molecule has 2 aromatic rings. The number of rotatable bonds is 3. The van der Waals surface area contributed by atoms with Gasteiger partial charge in [0.2, 0.25) is 0 Å². The van der Waals surface area contributed by atoms with Gasteiger partial charge in [-0.3, -0.25) is 0 Å². The lowest BCUT2D eigenvalue weighted by Gasteiger charge is -2.29. The first kappa shape index (κ1) is 17.0. The fourth-order valence-electron chi connectivity index (χ4n) is 2.44. The summed E-state index contributed by atoms with van der Waals surface area (Å²) in [6.07, 6.45) is 3.46. The second kappa shape index (κ2) is 8.33. The Morgan fingerprint density at radius 3 is 2.57 bits per heavy atom. The summed E-state index contributed by atoms with van der Waals surface area (Å²) in [6.45, 7) is 11.2. The molecule has 3 rings (SSSR count). The van der Waals surface area contributed by atoms with Gasteiger partial charge in [0.15, 0.2) is 0 Å². The lowest BCUT2D eigenvalue weighted by atomic mass is 10.2. The molecule has 1 aliphatic rings. The van der Waals surface area contributed by atoms with E-state index in [9.17, 15) is 0 Å². The van der Waals surface area contributed by atoms with Crippen molar-refractivity contribution in [2.24, 2.45) is 0 Å². The first-order valence-corrected chi connectivity index (χ1v) is 7.79. The van der Waals surface area contributed by atoms with Crippen molar-refractivity contribution in [2.45, 2.75) is 13.8 Å². The summed E-state index contributed by atoms with van der Waals surface area (Å²) in [6, 6.07) is 6.21. The zero-order valence-corrected chi connectivity index (χ0v) is 14.1. The van der Waals surface area contributed by atoms with Crippen molar-refractivity contribution in [1.29, 1.82) is 0 Å². The number of hydrogen-bond acceptors (Lipinski definition) is 5. The third-order valence-electron chi connectivity index (χ3n) is 3.50. The Hall–Kier alpha value is -2.34. The van der Waals surface area contributed by atoms with Gasteiger partial charge in [0, 0.05) is 37.9 Å². The molecule has 23 heavy (non-hydrogen) atoms. The topological polar surface area (TPSA) is 55.2 Å². The molecule has 1 fully saturated rings. The summed E-state index contributed by atoms with van der Waals surface area (Å²) in [4.78, 5) is 6.51. The van der Waals surface area contributed by atoms with Gasteiger partial charge in [-0.15, -0.1) is 6.58 Å². The zero-order chi connectivity index (χ0) is 16.7. The van der Waals surface area contributed by atoms with Gasteiger partial charge in [0.25, 0.3) is 0 Å². The normalized spacial score (nSPS) is 14.0. The Labute approximate surface area is 137 Å². The number of nitrogens with one attached hydrogen (secondary N) is 1. The fraction of sp³-hybridized carbons (Fsp3) is 0.412. The van der Waals surface area contributed by atoms with Gasteiger partial charge in [-0.2, -0.15) is 5.10 Å². The van der Waals surface area contributed by atoms with E-state index in [1.807, 2.05) is 19.9 Å². The van der Waals surface area contributed by atoms with Crippen molar-refractivity contribution in [1.82, 2.24) is 20.1 Å². The molecule has 0 spiro atoms. The summed E-state index contributed by atoms with van der Waals surface area (Å²) in [5, 5.41) is 7.69. The van der Waals surface area contributed by atoms with Gasteiger partial charge in [-0.25, -0.2) is 9.67 Å². The molecule has 6 heteroatoms. The van der Waals surface area contributed by atoms with Crippen LogP contribution in [0.3, 0.4) is 0 Å². The molecule has 1 aromatic carbocycles. The number of benzene rings is 1. The number of hydrogen-bond donors (Lipinski definition) is 1. The highest BCUT2D eigenvalue weighted by molar-refractivity contribution is 5.59. The molecule has 0 aliphatic carbocycles. The highest BCUT2D eigenvalue weighted by Gasteiger charge is 2.14. The molecule has 0 bridgehead atoms. The van der Waals surface area contributed by atoms with Crippen LogP contribution in [-0.4, -0.2) is 48.1 Å². The minimum atomic E-state index is 0.748. The SMILES string of the molecule is C=CC.COc1cc(N2CCNCC2)ccc1-n1cnc(C)n1. The van der Waals surface area contributed by atoms with Gasteiger partial charge >= 0.3 is 0 Å². The van der Waals surface area contributed by atoms with Gasteiger partial charge < -0.3 is 15.0 Å².